The molecule has 1 aromatic heterocycles. The minimum atomic E-state index is -0.938. The number of fused-ring (bicyclic) bond motifs is 1. The molecule has 0 saturated heterocycles. The van der Waals surface area contributed by atoms with E-state index in [1.165, 1.54) is 18.2 Å². The van der Waals surface area contributed by atoms with Crippen LogP contribution in [0.25, 0.3) is 33.3 Å². The van der Waals surface area contributed by atoms with Crippen LogP contribution in [0, 0.1) is 17.1 Å². The number of pyridine rings is 1. The van der Waals surface area contributed by atoms with E-state index >= 15 is 0 Å². The Bertz CT molecular complexity index is 1410. The van der Waals surface area contributed by atoms with Crippen LogP contribution in [0.3, 0.4) is 0 Å². The molecule has 0 atom stereocenters. The Morgan fingerprint density at radius 3 is 2.51 bits per heavy atom. The zero-order valence-corrected chi connectivity index (χ0v) is 19.1. The summed E-state index contributed by atoms with van der Waals surface area (Å²) in [5, 5.41) is 19.2. The highest BCUT2D eigenvalue weighted by Gasteiger charge is 2.19. The van der Waals surface area contributed by atoms with E-state index in [0.29, 0.717) is 28.8 Å². The fourth-order valence-electron chi connectivity index (χ4n) is 3.86. The zero-order valence-electron chi connectivity index (χ0n) is 19.1. The van der Waals surface area contributed by atoms with Crippen LogP contribution in [-0.4, -0.2) is 29.3 Å². The van der Waals surface area contributed by atoms with E-state index in [1.54, 1.807) is 0 Å². The summed E-state index contributed by atoms with van der Waals surface area (Å²) in [6, 6.07) is 21.6. The fraction of sp³-hybridized carbons (Fsp3) is 0.179. The molecule has 0 unspecified atom stereocenters. The molecular formula is C28H23FN2O4. The second kappa shape index (κ2) is 10.7. The lowest BCUT2D eigenvalue weighted by Gasteiger charge is -2.15. The Labute approximate surface area is 202 Å². The van der Waals surface area contributed by atoms with Gasteiger partial charge in [-0.2, -0.15) is 5.26 Å². The minimum Gasteiger partial charge on any atom is -0.493 e. The van der Waals surface area contributed by atoms with Crippen molar-refractivity contribution in [1.29, 1.82) is 5.26 Å². The van der Waals surface area contributed by atoms with Crippen molar-refractivity contribution >= 4 is 16.9 Å². The van der Waals surface area contributed by atoms with E-state index in [4.69, 9.17) is 14.6 Å². The Kier molecular flexibility index (Phi) is 7.22. The average Bonchev–Trinajstić information content (AvgIpc) is 2.86. The number of aliphatic carboxylic acids is 1. The Balaban J connectivity index is 1.77. The van der Waals surface area contributed by atoms with Gasteiger partial charge in [0.15, 0.2) is 0 Å². The molecule has 0 spiro atoms. The van der Waals surface area contributed by atoms with Gasteiger partial charge >= 0.3 is 5.97 Å². The van der Waals surface area contributed by atoms with Gasteiger partial charge in [-0.1, -0.05) is 42.5 Å². The van der Waals surface area contributed by atoms with Crippen LogP contribution in [-0.2, 0) is 4.79 Å². The van der Waals surface area contributed by atoms with Gasteiger partial charge in [0.2, 0.25) is 0 Å². The number of benzene rings is 3. The molecule has 0 radical (unpaired) electrons. The topological polar surface area (TPSA) is 92.4 Å². The van der Waals surface area contributed by atoms with Crippen molar-refractivity contribution in [2.75, 3.05) is 13.2 Å². The molecule has 4 aromatic rings. The van der Waals surface area contributed by atoms with E-state index in [2.05, 4.69) is 11.1 Å². The van der Waals surface area contributed by atoms with Crippen molar-refractivity contribution in [1.82, 2.24) is 4.98 Å². The monoisotopic (exact) mass is 470 g/mol. The average molecular weight is 471 g/mol. The van der Waals surface area contributed by atoms with Crippen molar-refractivity contribution in [3.05, 3.63) is 78.1 Å². The van der Waals surface area contributed by atoms with E-state index in [1.807, 2.05) is 55.5 Å². The van der Waals surface area contributed by atoms with E-state index in [0.717, 1.165) is 16.9 Å². The summed E-state index contributed by atoms with van der Waals surface area (Å²) in [5.74, 6) is -0.443. The van der Waals surface area contributed by atoms with Crippen molar-refractivity contribution in [3.8, 4) is 40.0 Å². The number of para-hydroxylation sites is 1. The first-order chi connectivity index (χ1) is 17.0. The summed E-state index contributed by atoms with van der Waals surface area (Å²) in [5.41, 5.74) is 3.64. The number of carboxylic acid groups (broad SMARTS) is 1. The quantitative estimate of drug-likeness (QED) is 0.292. The van der Waals surface area contributed by atoms with Gasteiger partial charge in [-0.05, 0) is 43.2 Å². The molecule has 7 heteroatoms. The Morgan fingerprint density at radius 1 is 1.06 bits per heavy atom. The van der Waals surface area contributed by atoms with Crippen molar-refractivity contribution in [3.63, 3.8) is 0 Å². The second-order valence-electron chi connectivity index (χ2n) is 7.79. The van der Waals surface area contributed by atoms with Gasteiger partial charge in [0.1, 0.15) is 28.9 Å². The highest BCUT2D eigenvalue weighted by Crippen LogP contribution is 2.37. The van der Waals surface area contributed by atoms with E-state index < -0.39 is 11.8 Å². The summed E-state index contributed by atoms with van der Waals surface area (Å²) in [7, 11) is 0. The number of carboxylic acids is 1. The van der Waals surface area contributed by atoms with Crippen LogP contribution in [0.5, 0.6) is 11.5 Å². The lowest BCUT2D eigenvalue weighted by molar-refractivity contribution is -0.137. The summed E-state index contributed by atoms with van der Waals surface area (Å²) >= 11 is 0. The first kappa shape index (κ1) is 23.7. The lowest BCUT2D eigenvalue weighted by Crippen LogP contribution is -2.05. The van der Waals surface area contributed by atoms with Gasteiger partial charge < -0.3 is 14.6 Å². The number of nitrogens with zero attached hydrogens (tertiary/aromatic N) is 2. The Hall–Kier alpha value is -4.44. The van der Waals surface area contributed by atoms with E-state index in [-0.39, 0.29) is 30.8 Å². The maximum atomic E-state index is 14.0. The highest BCUT2D eigenvalue weighted by molar-refractivity contribution is 5.92. The highest BCUT2D eigenvalue weighted by atomic mass is 19.1. The lowest BCUT2D eigenvalue weighted by atomic mass is 9.99. The molecule has 3 aromatic carbocycles. The molecule has 0 bridgehead atoms. The zero-order chi connectivity index (χ0) is 24.8. The van der Waals surface area contributed by atoms with Gasteiger partial charge in [-0.25, -0.2) is 9.37 Å². The Morgan fingerprint density at radius 2 is 1.80 bits per heavy atom. The predicted molar refractivity (Wildman–Crippen MR) is 131 cm³/mol. The number of hydrogen-bond donors (Lipinski definition) is 1. The molecule has 0 amide bonds. The molecule has 0 saturated carbocycles. The van der Waals surface area contributed by atoms with Crippen LogP contribution in [0.15, 0.2) is 66.7 Å². The maximum Gasteiger partial charge on any atom is 0.303 e. The SMILES string of the molecule is CCOc1ccccc1-c1ccc(-c2nc3ccc(F)cc3c(OCCCC(=O)O)c2C#N)cc1. The summed E-state index contributed by atoms with van der Waals surface area (Å²) in [6.07, 6.45) is 0.180. The van der Waals surface area contributed by atoms with Crippen LogP contribution >= 0.6 is 0 Å². The first-order valence-corrected chi connectivity index (χ1v) is 11.2. The molecular weight excluding hydrogens is 447 g/mol. The van der Waals surface area contributed by atoms with Gasteiger partial charge in [-0.15, -0.1) is 0 Å². The van der Waals surface area contributed by atoms with Crippen LogP contribution in [0.1, 0.15) is 25.3 Å². The standard InChI is InChI=1S/C28H23FN2O4/c1-2-34-25-7-4-3-6-21(25)18-9-11-19(12-10-18)27-23(17-30)28(35-15-5-8-26(32)33)22-16-20(29)13-14-24(22)31-27/h3-4,6-7,9-14,16H,2,5,8,15H2,1H3,(H,32,33). The van der Waals surface area contributed by atoms with Crippen molar-refractivity contribution in [2.45, 2.75) is 19.8 Å². The number of halogens is 1. The van der Waals surface area contributed by atoms with Crippen molar-refractivity contribution in [2.24, 2.45) is 0 Å². The van der Waals surface area contributed by atoms with E-state index in [9.17, 15) is 14.4 Å². The first-order valence-electron chi connectivity index (χ1n) is 11.2. The summed E-state index contributed by atoms with van der Waals surface area (Å²) < 4.78 is 25.6. The van der Waals surface area contributed by atoms with Crippen LogP contribution in [0.2, 0.25) is 0 Å². The van der Waals surface area contributed by atoms with Crippen LogP contribution < -0.4 is 9.47 Å². The van der Waals surface area contributed by atoms with Crippen LogP contribution in [0.4, 0.5) is 4.39 Å². The fourth-order valence-corrected chi connectivity index (χ4v) is 3.86. The number of nitriles is 1. The smallest absolute Gasteiger partial charge is 0.303 e. The number of carbonyl (C=O) groups is 1. The molecule has 176 valence electrons. The molecule has 35 heavy (non-hydrogen) atoms. The van der Waals surface area contributed by atoms with Crippen molar-refractivity contribution < 1.29 is 23.8 Å². The second-order valence-corrected chi connectivity index (χ2v) is 7.79. The molecule has 0 aliphatic rings. The maximum absolute atomic E-state index is 14.0. The number of hydrogen-bond acceptors (Lipinski definition) is 5. The third-order valence-electron chi connectivity index (χ3n) is 5.45. The number of aromatic nitrogens is 1. The van der Waals surface area contributed by atoms with Gasteiger partial charge in [0.05, 0.1) is 24.4 Å². The molecule has 1 N–H and O–H groups in total. The number of rotatable bonds is 9. The minimum absolute atomic E-state index is 0.0726. The number of ether oxygens (including phenoxy) is 2. The molecule has 0 fully saturated rings. The molecule has 0 aliphatic carbocycles. The predicted octanol–water partition coefficient (Wildman–Crippen LogP) is 6.22. The summed E-state index contributed by atoms with van der Waals surface area (Å²) in [4.78, 5) is 15.5. The molecule has 4 rings (SSSR count). The molecule has 1 heterocycles. The third-order valence-corrected chi connectivity index (χ3v) is 5.45. The third kappa shape index (κ3) is 5.22. The van der Waals surface area contributed by atoms with Gasteiger partial charge in [0, 0.05) is 22.9 Å². The molecule has 0 aliphatic heterocycles. The molecule has 6 nitrogen and oxygen atoms in total. The normalized spacial score (nSPS) is 10.7. The largest absolute Gasteiger partial charge is 0.493 e. The summed E-state index contributed by atoms with van der Waals surface area (Å²) in [6.45, 7) is 2.56. The van der Waals surface area contributed by atoms with Gasteiger partial charge in [0.25, 0.3) is 0 Å². The van der Waals surface area contributed by atoms with Gasteiger partial charge in [-0.3, -0.25) is 4.79 Å².